The quantitative estimate of drug-likeness (QED) is 0.135. The fourth-order valence-corrected chi connectivity index (χ4v) is 6.80. The summed E-state index contributed by atoms with van der Waals surface area (Å²) < 4.78 is 20.4. The number of methoxy groups -OCH3 is 1. The van der Waals surface area contributed by atoms with Gasteiger partial charge in [-0.15, -0.1) is 0 Å². The number of hydrogen-bond donors (Lipinski definition) is 0. The van der Waals surface area contributed by atoms with Crippen LogP contribution in [-0.2, 0) is 20.8 Å². The molecule has 5 rings (SSSR count). The van der Waals surface area contributed by atoms with Crippen LogP contribution in [0.5, 0.6) is 5.88 Å². The van der Waals surface area contributed by atoms with Crippen molar-refractivity contribution in [2.75, 3.05) is 25.2 Å². The van der Waals surface area contributed by atoms with Gasteiger partial charge in [-0.05, 0) is 81.6 Å². The minimum Gasteiger partial charge on any atom is -0.478 e. The van der Waals surface area contributed by atoms with Gasteiger partial charge >= 0.3 is 5.97 Å². The van der Waals surface area contributed by atoms with Crippen LogP contribution in [0.2, 0.25) is 30.7 Å². The highest BCUT2D eigenvalue weighted by molar-refractivity contribution is 6.76. The number of halogens is 1. The molecule has 0 radical (unpaired) electrons. The van der Waals surface area contributed by atoms with Gasteiger partial charge in [-0.1, -0.05) is 49.4 Å². The molecule has 234 valence electrons. The van der Waals surface area contributed by atoms with Crippen molar-refractivity contribution < 1.29 is 19.0 Å². The van der Waals surface area contributed by atoms with Crippen molar-refractivity contribution in [1.29, 1.82) is 0 Å². The third kappa shape index (κ3) is 6.53. The molecule has 3 heterocycles. The molecule has 0 amide bonds. The van der Waals surface area contributed by atoms with Crippen LogP contribution in [0.1, 0.15) is 43.7 Å². The van der Waals surface area contributed by atoms with Gasteiger partial charge in [0.25, 0.3) is 0 Å². The molecular formula is C35H44ClN3O4Si. The fraction of sp³-hybridized carbons (Fsp3) is 0.429. The van der Waals surface area contributed by atoms with Crippen molar-refractivity contribution in [3.63, 3.8) is 0 Å². The van der Waals surface area contributed by atoms with E-state index in [2.05, 4.69) is 49.0 Å². The maximum absolute atomic E-state index is 13.6. The van der Waals surface area contributed by atoms with Crippen molar-refractivity contribution in [1.82, 2.24) is 9.55 Å². The molecule has 0 aliphatic carbocycles. The lowest BCUT2D eigenvalue weighted by molar-refractivity contribution is -0.164. The van der Waals surface area contributed by atoms with Crippen molar-refractivity contribution in [3.05, 3.63) is 70.4 Å². The van der Waals surface area contributed by atoms with Crippen LogP contribution in [0.25, 0.3) is 22.0 Å². The lowest BCUT2D eigenvalue weighted by Gasteiger charge is -2.35. The summed E-state index contributed by atoms with van der Waals surface area (Å²) in [5.41, 5.74) is 6.26. The van der Waals surface area contributed by atoms with Crippen molar-refractivity contribution in [2.45, 2.75) is 78.6 Å². The summed E-state index contributed by atoms with van der Waals surface area (Å²) in [6, 6.07) is 17.0. The number of benzene rings is 2. The highest BCUT2D eigenvalue weighted by Gasteiger charge is 2.37. The molecule has 1 unspecified atom stereocenters. The average Bonchev–Trinajstić information content (AvgIpc) is 3.29. The summed E-state index contributed by atoms with van der Waals surface area (Å²) in [5, 5.41) is 1.69. The molecule has 1 aliphatic rings. The highest BCUT2D eigenvalue weighted by atomic mass is 35.5. The maximum atomic E-state index is 13.6. The summed E-state index contributed by atoms with van der Waals surface area (Å²) in [4.78, 5) is 20.8. The average molecular weight is 634 g/mol. The van der Waals surface area contributed by atoms with Gasteiger partial charge in [0.05, 0.1) is 30.5 Å². The SMILES string of the molecule is COC(=O)C(OC(C)(C)C)c1c(C)c2c3c(cc(C)n3CCN2c2cccc(OCC[Si](C)(C)C)n2)c1-c1ccc(Cl)cc1. The Morgan fingerprint density at radius 3 is 2.41 bits per heavy atom. The summed E-state index contributed by atoms with van der Waals surface area (Å²) in [6.45, 7) is 19.3. The molecule has 0 spiro atoms. The Kier molecular flexibility index (Phi) is 8.91. The number of hydrogen-bond acceptors (Lipinski definition) is 6. The zero-order chi connectivity index (χ0) is 32.0. The van der Waals surface area contributed by atoms with Gasteiger partial charge in [0.15, 0.2) is 6.10 Å². The molecule has 0 fully saturated rings. The number of aryl methyl sites for hydroxylation is 1. The van der Waals surface area contributed by atoms with E-state index in [1.807, 2.05) is 63.2 Å². The molecule has 2 aromatic heterocycles. The van der Waals surface area contributed by atoms with Gasteiger partial charge in [0.2, 0.25) is 5.88 Å². The number of anilines is 2. The smallest absolute Gasteiger partial charge is 0.339 e. The number of rotatable bonds is 9. The topological polar surface area (TPSA) is 65.8 Å². The Bertz CT molecular complexity index is 1690. The first-order valence-electron chi connectivity index (χ1n) is 15.2. The van der Waals surface area contributed by atoms with Crippen molar-refractivity contribution >= 4 is 48.1 Å². The van der Waals surface area contributed by atoms with Gasteiger partial charge < -0.3 is 23.7 Å². The van der Waals surface area contributed by atoms with E-state index in [4.69, 9.17) is 30.8 Å². The van der Waals surface area contributed by atoms with Gasteiger partial charge in [0.1, 0.15) is 5.82 Å². The van der Waals surface area contributed by atoms with Gasteiger partial charge in [0, 0.05) is 48.9 Å². The Hall–Kier alpha value is -3.33. The molecule has 44 heavy (non-hydrogen) atoms. The third-order valence-electron chi connectivity index (χ3n) is 8.01. The predicted molar refractivity (Wildman–Crippen MR) is 182 cm³/mol. The highest BCUT2D eigenvalue weighted by Crippen LogP contribution is 2.49. The third-order valence-corrected chi connectivity index (χ3v) is 9.97. The Morgan fingerprint density at radius 2 is 1.77 bits per heavy atom. The molecule has 1 atom stereocenters. The second-order valence-corrected chi connectivity index (χ2v) is 19.8. The Morgan fingerprint density at radius 1 is 1.07 bits per heavy atom. The molecule has 7 nitrogen and oxygen atoms in total. The first-order chi connectivity index (χ1) is 20.7. The van der Waals surface area contributed by atoms with E-state index in [-0.39, 0.29) is 0 Å². The minimum absolute atomic E-state index is 0.445. The van der Waals surface area contributed by atoms with Crippen LogP contribution >= 0.6 is 11.6 Å². The van der Waals surface area contributed by atoms with E-state index in [0.717, 1.165) is 62.9 Å². The van der Waals surface area contributed by atoms with E-state index >= 15 is 0 Å². The first kappa shape index (κ1) is 32.1. The standard InChI is InChI=1S/C35H44ClN3O4Si/c1-22-21-26-30(24-13-15-25(36)16-14-24)29(33(34(40)41-6)43-35(3,4)5)23(2)31-32(26)38(22)17-18-39(31)27-11-10-12-28(37-27)42-19-20-44(7,8)9/h10-16,21,33H,17-20H2,1-9H3. The molecule has 9 heteroatoms. The summed E-state index contributed by atoms with van der Waals surface area (Å²) in [6.07, 6.45) is -0.956. The van der Waals surface area contributed by atoms with E-state index in [0.29, 0.717) is 24.1 Å². The number of esters is 1. The van der Waals surface area contributed by atoms with Crippen LogP contribution in [0.4, 0.5) is 11.5 Å². The van der Waals surface area contributed by atoms with Gasteiger partial charge in [-0.25, -0.2) is 4.79 Å². The van der Waals surface area contributed by atoms with Crippen molar-refractivity contribution in [3.8, 4) is 17.0 Å². The lowest BCUT2D eigenvalue weighted by atomic mass is 9.87. The Balaban J connectivity index is 1.76. The van der Waals surface area contributed by atoms with Crippen LogP contribution in [0.15, 0.2) is 48.5 Å². The minimum atomic E-state index is -1.24. The molecule has 2 aromatic carbocycles. The number of nitrogens with zero attached hydrogens (tertiary/aromatic N) is 3. The normalized spacial score (nSPS) is 14.2. The molecule has 1 aliphatic heterocycles. The maximum Gasteiger partial charge on any atom is 0.339 e. The number of carbonyl (C=O) groups is 1. The van der Waals surface area contributed by atoms with Crippen LogP contribution in [0.3, 0.4) is 0 Å². The zero-order valence-electron chi connectivity index (χ0n) is 27.4. The molecule has 0 saturated heterocycles. The summed E-state index contributed by atoms with van der Waals surface area (Å²) in [7, 11) is 0.168. The molecule has 0 saturated carbocycles. The lowest BCUT2D eigenvalue weighted by Crippen LogP contribution is -2.32. The molecule has 0 bridgehead atoms. The Labute approximate surface area is 267 Å². The summed E-state index contributed by atoms with van der Waals surface area (Å²) >= 11 is 6.33. The van der Waals surface area contributed by atoms with Crippen molar-refractivity contribution in [2.24, 2.45) is 0 Å². The summed E-state index contributed by atoms with van der Waals surface area (Å²) in [5.74, 6) is 0.981. The largest absolute Gasteiger partial charge is 0.478 e. The van der Waals surface area contributed by atoms with E-state index in [1.54, 1.807) is 0 Å². The number of aromatic nitrogens is 2. The second kappa shape index (κ2) is 12.2. The van der Waals surface area contributed by atoms with Gasteiger partial charge in [-0.2, -0.15) is 4.98 Å². The molecule has 4 aromatic rings. The van der Waals surface area contributed by atoms with E-state index in [9.17, 15) is 4.79 Å². The van der Waals surface area contributed by atoms with Gasteiger partial charge in [-0.3, -0.25) is 0 Å². The van der Waals surface area contributed by atoms with E-state index < -0.39 is 25.7 Å². The zero-order valence-corrected chi connectivity index (χ0v) is 29.1. The number of pyridine rings is 1. The second-order valence-electron chi connectivity index (χ2n) is 13.7. The predicted octanol–water partition coefficient (Wildman–Crippen LogP) is 8.87. The first-order valence-corrected chi connectivity index (χ1v) is 19.3. The molecular weight excluding hydrogens is 590 g/mol. The molecule has 0 N–H and O–H groups in total. The number of carbonyl (C=O) groups excluding carboxylic acids is 1. The van der Waals surface area contributed by atoms with E-state index in [1.165, 1.54) is 7.11 Å². The van der Waals surface area contributed by atoms with Crippen LogP contribution in [-0.4, -0.2) is 49.5 Å². The fourth-order valence-electron chi connectivity index (χ4n) is 5.96. The van der Waals surface area contributed by atoms with Crippen LogP contribution < -0.4 is 9.64 Å². The monoisotopic (exact) mass is 633 g/mol. The van der Waals surface area contributed by atoms with Crippen LogP contribution in [0, 0.1) is 13.8 Å². The number of ether oxygens (including phenoxy) is 3.